The quantitative estimate of drug-likeness (QED) is 0.380. The van der Waals surface area contributed by atoms with Gasteiger partial charge in [-0.1, -0.05) is 36.4 Å². The average molecular weight is 442 g/mol. The van der Waals surface area contributed by atoms with Crippen LogP contribution in [-0.4, -0.2) is 70.8 Å². The third kappa shape index (κ3) is 4.10. The topological polar surface area (TPSA) is 132 Å². The van der Waals surface area contributed by atoms with Crippen LogP contribution in [0.3, 0.4) is 0 Å². The van der Waals surface area contributed by atoms with Crippen LogP contribution in [0.5, 0.6) is 0 Å². The summed E-state index contributed by atoms with van der Waals surface area (Å²) in [6.07, 6.45) is -6.77. The third-order valence-corrected chi connectivity index (χ3v) is 5.53. The predicted octanol–water partition coefficient (Wildman–Crippen LogP) is 0.874. The molecule has 6 atom stereocenters. The molecule has 2 aromatic rings. The average Bonchev–Trinajstić information content (AvgIpc) is 3.55. The largest absolute Gasteiger partial charge is 0.459 e. The van der Waals surface area contributed by atoms with Crippen LogP contribution in [0, 0.1) is 0 Å². The molecule has 0 aromatic heterocycles. The molecule has 32 heavy (non-hydrogen) atoms. The smallest absolute Gasteiger partial charge is 0.338 e. The molecule has 2 aliphatic rings. The first-order valence-electron chi connectivity index (χ1n) is 10.0. The molecule has 2 aromatic carbocycles. The van der Waals surface area contributed by atoms with Gasteiger partial charge in [-0.15, -0.1) is 0 Å². The van der Waals surface area contributed by atoms with Crippen molar-refractivity contribution in [3.05, 3.63) is 71.8 Å². The van der Waals surface area contributed by atoms with Crippen LogP contribution < -0.4 is 0 Å². The van der Waals surface area contributed by atoms with E-state index in [4.69, 9.17) is 18.9 Å². The van der Waals surface area contributed by atoms with Crippen LogP contribution in [0.25, 0.3) is 0 Å². The maximum absolute atomic E-state index is 12.4. The number of benzene rings is 2. The first-order valence-corrected chi connectivity index (χ1v) is 10.0. The fourth-order valence-corrected chi connectivity index (χ4v) is 3.91. The number of epoxide rings is 1. The summed E-state index contributed by atoms with van der Waals surface area (Å²) in [5.41, 5.74) is -0.928. The zero-order valence-electron chi connectivity index (χ0n) is 17.1. The van der Waals surface area contributed by atoms with Gasteiger partial charge in [-0.25, -0.2) is 9.59 Å². The molecular formula is C23H22O9. The van der Waals surface area contributed by atoms with E-state index in [2.05, 4.69) is 0 Å². The summed E-state index contributed by atoms with van der Waals surface area (Å²) in [5, 5.41) is 21.6. The zero-order chi connectivity index (χ0) is 22.9. The highest BCUT2D eigenvalue weighted by Gasteiger charge is 2.75. The van der Waals surface area contributed by atoms with Crippen molar-refractivity contribution in [2.24, 2.45) is 0 Å². The summed E-state index contributed by atoms with van der Waals surface area (Å²) in [6, 6.07) is 16.3. The number of aliphatic hydroxyl groups excluding tert-OH is 2. The van der Waals surface area contributed by atoms with Crippen molar-refractivity contribution >= 4 is 17.9 Å². The van der Waals surface area contributed by atoms with E-state index in [9.17, 15) is 24.6 Å². The van der Waals surface area contributed by atoms with Crippen LogP contribution in [-0.2, 0) is 23.7 Å². The van der Waals surface area contributed by atoms with Crippen LogP contribution >= 0.6 is 0 Å². The molecule has 2 fully saturated rings. The first-order chi connectivity index (χ1) is 15.3. The first kappa shape index (κ1) is 21.9. The molecule has 1 heterocycles. The van der Waals surface area contributed by atoms with Crippen molar-refractivity contribution in [3.8, 4) is 0 Å². The van der Waals surface area contributed by atoms with E-state index in [1.54, 1.807) is 48.5 Å². The number of carbonyl (C=O) groups is 3. The summed E-state index contributed by atoms with van der Waals surface area (Å²) >= 11 is 0. The molecular weight excluding hydrogens is 420 g/mol. The van der Waals surface area contributed by atoms with Gasteiger partial charge in [0, 0.05) is 6.92 Å². The van der Waals surface area contributed by atoms with E-state index in [0.717, 1.165) is 6.92 Å². The van der Waals surface area contributed by atoms with Gasteiger partial charge in [-0.3, -0.25) is 4.79 Å². The molecule has 0 amide bonds. The second-order valence-electron chi connectivity index (χ2n) is 7.68. The lowest BCUT2D eigenvalue weighted by Crippen LogP contribution is -2.62. The Morgan fingerprint density at radius 2 is 1.44 bits per heavy atom. The van der Waals surface area contributed by atoms with Crippen molar-refractivity contribution in [2.75, 3.05) is 6.61 Å². The highest BCUT2D eigenvalue weighted by Crippen LogP contribution is 2.50. The number of rotatable bonds is 6. The van der Waals surface area contributed by atoms with E-state index in [-0.39, 0.29) is 12.2 Å². The second-order valence-corrected chi connectivity index (χ2v) is 7.68. The Balaban J connectivity index is 1.51. The van der Waals surface area contributed by atoms with Gasteiger partial charge in [0.15, 0.2) is 17.8 Å². The predicted molar refractivity (Wildman–Crippen MR) is 108 cm³/mol. The van der Waals surface area contributed by atoms with Crippen molar-refractivity contribution in [2.45, 2.75) is 43.0 Å². The molecule has 0 unspecified atom stereocenters. The molecule has 0 radical (unpaired) electrons. The molecule has 4 rings (SSSR count). The molecule has 9 heteroatoms. The van der Waals surface area contributed by atoms with Gasteiger partial charge in [0.1, 0.15) is 24.9 Å². The van der Waals surface area contributed by atoms with Crippen molar-refractivity contribution in [3.63, 3.8) is 0 Å². The Hall–Kier alpha value is -3.27. The van der Waals surface area contributed by atoms with Gasteiger partial charge >= 0.3 is 17.9 Å². The number of hydrogen-bond donors (Lipinski definition) is 2. The van der Waals surface area contributed by atoms with E-state index < -0.39 is 54.0 Å². The SMILES string of the molecule is CC(=O)O[C@H]1[C@H](O)[C@H](OC(=O)c2ccccc2)[C@@H](O)[C@H]2O[C@]21COC(=O)c1ccccc1. The van der Waals surface area contributed by atoms with Gasteiger partial charge in [0.25, 0.3) is 0 Å². The van der Waals surface area contributed by atoms with Crippen LogP contribution in [0.2, 0.25) is 0 Å². The van der Waals surface area contributed by atoms with Gasteiger partial charge in [-0.2, -0.15) is 0 Å². The van der Waals surface area contributed by atoms with E-state index in [1.807, 2.05) is 0 Å². The van der Waals surface area contributed by atoms with Crippen LogP contribution in [0.15, 0.2) is 60.7 Å². The van der Waals surface area contributed by atoms with E-state index in [0.29, 0.717) is 5.56 Å². The molecule has 9 nitrogen and oxygen atoms in total. The minimum atomic E-state index is -1.62. The number of fused-ring (bicyclic) bond motifs is 1. The minimum Gasteiger partial charge on any atom is -0.459 e. The minimum absolute atomic E-state index is 0.223. The Labute approximate surface area is 183 Å². The number of aliphatic hydroxyl groups is 2. The Kier molecular flexibility index (Phi) is 5.96. The van der Waals surface area contributed by atoms with E-state index >= 15 is 0 Å². The number of carbonyl (C=O) groups excluding carboxylic acids is 3. The van der Waals surface area contributed by atoms with Crippen molar-refractivity contribution in [1.29, 1.82) is 0 Å². The summed E-state index contributed by atoms with van der Waals surface area (Å²) in [7, 11) is 0. The van der Waals surface area contributed by atoms with E-state index in [1.165, 1.54) is 12.1 Å². The highest BCUT2D eigenvalue weighted by molar-refractivity contribution is 5.90. The number of hydrogen-bond acceptors (Lipinski definition) is 9. The Morgan fingerprint density at radius 1 is 0.875 bits per heavy atom. The van der Waals surface area contributed by atoms with Crippen molar-refractivity contribution in [1.82, 2.24) is 0 Å². The Bertz CT molecular complexity index is 993. The van der Waals surface area contributed by atoms with Crippen LogP contribution in [0.4, 0.5) is 0 Å². The maximum atomic E-state index is 12.4. The summed E-state index contributed by atoms with van der Waals surface area (Å²) in [6.45, 7) is 0.765. The molecule has 0 bridgehead atoms. The normalized spacial score (nSPS) is 30.5. The molecule has 1 aliphatic heterocycles. The molecule has 1 saturated heterocycles. The summed E-state index contributed by atoms with van der Waals surface area (Å²) in [4.78, 5) is 36.5. The number of esters is 3. The fraction of sp³-hybridized carbons (Fsp3) is 0.348. The summed E-state index contributed by atoms with van der Waals surface area (Å²) < 4.78 is 21.5. The lowest BCUT2D eigenvalue weighted by molar-refractivity contribution is -0.180. The lowest BCUT2D eigenvalue weighted by Gasteiger charge is -2.38. The molecule has 2 N–H and O–H groups in total. The van der Waals surface area contributed by atoms with Gasteiger partial charge in [-0.05, 0) is 24.3 Å². The standard InChI is InChI=1S/C23H22O9/c1-13(24)30-19-16(25)18(31-22(28)15-10-6-3-7-11-15)17(26)20-23(19,32-20)12-29-21(27)14-8-4-2-5-9-14/h2-11,16-20,25-26H,12H2,1H3/t16-,17-,18+,19+,20-,23+/m1/s1. The Morgan fingerprint density at radius 3 is 2.00 bits per heavy atom. The van der Waals surface area contributed by atoms with Gasteiger partial charge < -0.3 is 29.2 Å². The molecule has 168 valence electrons. The lowest BCUT2D eigenvalue weighted by atomic mass is 9.80. The highest BCUT2D eigenvalue weighted by atomic mass is 16.7. The maximum Gasteiger partial charge on any atom is 0.338 e. The second kappa shape index (κ2) is 8.70. The van der Waals surface area contributed by atoms with Crippen LogP contribution in [0.1, 0.15) is 27.6 Å². The number of ether oxygens (including phenoxy) is 4. The zero-order valence-corrected chi connectivity index (χ0v) is 17.1. The van der Waals surface area contributed by atoms with Crippen molar-refractivity contribution < 1.29 is 43.5 Å². The fourth-order valence-electron chi connectivity index (χ4n) is 3.91. The molecule has 0 spiro atoms. The van der Waals surface area contributed by atoms with Gasteiger partial charge in [0.05, 0.1) is 11.1 Å². The molecule has 1 saturated carbocycles. The van der Waals surface area contributed by atoms with Gasteiger partial charge in [0.2, 0.25) is 0 Å². The summed E-state index contributed by atoms with van der Waals surface area (Å²) in [5.74, 6) is -2.13. The monoisotopic (exact) mass is 442 g/mol. The third-order valence-electron chi connectivity index (χ3n) is 5.53. The molecule has 1 aliphatic carbocycles.